The highest BCUT2D eigenvalue weighted by Crippen LogP contribution is 2.27. The predicted molar refractivity (Wildman–Crippen MR) is 75.3 cm³/mol. The molecule has 2 aromatic rings. The summed E-state index contributed by atoms with van der Waals surface area (Å²) in [6, 6.07) is 16.2. The van der Waals surface area contributed by atoms with Gasteiger partial charge < -0.3 is 0 Å². The molecule has 0 radical (unpaired) electrons. The van der Waals surface area contributed by atoms with Crippen molar-refractivity contribution in [1.29, 1.82) is 5.26 Å². The lowest BCUT2D eigenvalue weighted by Gasteiger charge is -2.10. The van der Waals surface area contributed by atoms with Crippen LogP contribution in [0.4, 0.5) is 0 Å². The summed E-state index contributed by atoms with van der Waals surface area (Å²) in [5.41, 5.74) is 2.15. The Morgan fingerprint density at radius 1 is 1.16 bits per heavy atom. The summed E-state index contributed by atoms with van der Waals surface area (Å²) in [5, 5.41) is 9.70. The Kier molecular flexibility index (Phi) is 3.99. The standard InChI is InChI=1S/C16H12ClNO/c1-11-6-8-12(9-7-11)16(19)14(10-18)13-4-2-3-5-15(13)17/h2-9,14H,1H3. The summed E-state index contributed by atoms with van der Waals surface area (Å²) in [4.78, 5) is 12.4. The molecule has 0 fully saturated rings. The number of carbonyl (C=O) groups is 1. The molecule has 0 bridgehead atoms. The lowest BCUT2D eigenvalue weighted by molar-refractivity contribution is 0.0979. The quantitative estimate of drug-likeness (QED) is 0.786. The van der Waals surface area contributed by atoms with Gasteiger partial charge in [-0.25, -0.2) is 0 Å². The summed E-state index contributed by atoms with van der Waals surface area (Å²) in [6.45, 7) is 1.95. The molecule has 0 aliphatic heterocycles. The number of halogens is 1. The minimum Gasteiger partial charge on any atom is -0.292 e. The number of nitrogens with zero attached hydrogens (tertiary/aromatic N) is 1. The van der Waals surface area contributed by atoms with Crippen LogP contribution < -0.4 is 0 Å². The van der Waals surface area contributed by atoms with Crippen molar-refractivity contribution in [1.82, 2.24) is 0 Å². The van der Waals surface area contributed by atoms with E-state index in [0.29, 0.717) is 16.1 Å². The second-order valence-corrected chi connectivity index (χ2v) is 4.72. The largest absolute Gasteiger partial charge is 0.292 e. The molecule has 94 valence electrons. The molecule has 1 atom stereocenters. The van der Waals surface area contributed by atoms with E-state index >= 15 is 0 Å². The van der Waals surface area contributed by atoms with Crippen LogP contribution >= 0.6 is 11.6 Å². The van der Waals surface area contributed by atoms with Gasteiger partial charge in [0.15, 0.2) is 5.78 Å². The molecule has 0 aliphatic rings. The molecule has 0 aliphatic carbocycles. The van der Waals surface area contributed by atoms with Crippen LogP contribution in [0, 0.1) is 18.3 Å². The Hall–Kier alpha value is -2.11. The van der Waals surface area contributed by atoms with E-state index in [-0.39, 0.29) is 5.78 Å². The third-order valence-electron chi connectivity index (χ3n) is 2.94. The second-order valence-electron chi connectivity index (χ2n) is 4.31. The average Bonchev–Trinajstić information content (AvgIpc) is 2.42. The molecule has 0 amide bonds. The van der Waals surface area contributed by atoms with E-state index < -0.39 is 5.92 Å². The third-order valence-corrected chi connectivity index (χ3v) is 3.29. The minimum absolute atomic E-state index is 0.226. The first-order valence-corrected chi connectivity index (χ1v) is 6.26. The smallest absolute Gasteiger partial charge is 0.184 e. The second kappa shape index (κ2) is 5.69. The Morgan fingerprint density at radius 2 is 1.79 bits per heavy atom. The number of hydrogen-bond acceptors (Lipinski definition) is 2. The van der Waals surface area contributed by atoms with E-state index in [2.05, 4.69) is 0 Å². The van der Waals surface area contributed by atoms with E-state index in [1.807, 2.05) is 25.1 Å². The maximum absolute atomic E-state index is 12.4. The summed E-state index contributed by atoms with van der Waals surface area (Å²) >= 11 is 6.05. The van der Waals surface area contributed by atoms with Crippen molar-refractivity contribution >= 4 is 17.4 Å². The number of hydrogen-bond donors (Lipinski definition) is 0. The van der Waals surface area contributed by atoms with Gasteiger partial charge in [0.25, 0.3) is 0 Å². The minimum atomic E-state index is -0.864. The Morgan fingerprint density at radius 3 is 2.37 bits per heavy atom. The summed E-state index contributed by atoms with van der Waals surface area (Å²) in [6.07, 6.45) is 0. The van der Waals surface area contributed by atoms with Crippen molar-refractivity contribution in [2.75, 3.05) is 0 Å². The summed E-state index contributed by atoms with van der Waals surface area (Å²) in [5.74, 6) is -1.09. The topological polar surface area (TPSA) is 40.9 Å². The predicted octanol–water partition coefficient (Wildman–Crippen LogP) is 4.14. The zero-order valence-electron chi connectivity index (χ0n) is 10.4. The van der Waals surface area contributed by atoms with Crippen LogP contribution in [-0.2, 0) is 0 Å². The molecule has 1 unspecified atom stereocenters. The van der Waals surface area contributed by atoms with E-state index in [1.54, 1.807) is 36.4 Å². The first-order chi connectivity index (χ1) is 9.13. The SMILES string of the molecule is Cc1ccc(C(=O)C(C#N)c2ccccc2Cl)cc1. The van der Waals surface area contributed by atoms with Gasteiger partial charge in [-0.05, 0) is 18.6 Å². The highest BCUT2D eigenvalue weighted by atomic mass is 35.5. The molecular formula is C16H12ClNO. The number of aryl methyl sites for hydroxylation is 1. The highest BCUT2D eigenvalue weighted by Gasteiger charge is 2.23. The van der Waals surface area contributed by atoms with Gasteiger partial charge in [-0.2, -0.15) is 5.26 Å². The number of nitriles is 1. The Balaban J connectivity index is 2.38. The van der Waals surface area contributed by atoms with Gasteiger partial charge in [-0.15, -0.1) is 0 Å². The number of benzene rings is 2. The molecule has 19 heavy (non-hydrogen) atoms. The number of ketones is 1. The molecular weight excluding hydrogens is 258 g/mol. The first kappa shape index (κ1) is 13.3. The molecule has 0 aromatic heterocycles. The van der Waals surface area contributed by atoms with Crippen molar-refractivity contribution in [3.8, 4) is 6.07 Å². The first-order valence-electron chi connectivity index (χ1n) is 5.88. The lowest BCUT2D eigenvalue weighted by Crippen LogP contribution is -2.11. The van der Waals surface area contributed by atoms with Crippen LogP contribution in [-0.4, -0.2) is 5.78 Å². The van der Waals surface area contributed by atoms with Gasteiger partial charge in [0.05, 0.1) is 6.07 Å². The van der Waals surface area contributed by atoms with Crippen molar-refractivity contribution in [3.05, 3.63) is 70.2 Å². The van der Waals surface area contributed by atoms with Gasteiger partial charge in [0.2, 0.25) is 0 Å². The van der Waals surface area contributed by atoms with Crippen LogP contribution in [0.25, 0.3) is 0 Å². The van der Waals surface area contributed by atoms with Crippen LogP contribution in [0.1, 0.15) is 27.4 Å². The molecule has 2 aromatic carbocycles. The zero-order chi connectivity index (χ0) is 13.8. The number of rotatable bonds is 3. The zero-order valence-corrected chi connectivity index (χ0v) is 11.2. The summed E-state index contributed by atoms with van der Waals surface area (Å²) in [7, 11) is 0. The number of carbonyl (C=O) groups excluding carboxylic acids is 1. The maximum atomic E-state index is 12.4. The monoisotopic (exact) mass is 269 g/mol. The Labute approximate surface area is 117 Å². The van der Waals surface area contributed by atoms with Crippen LogP contribution in [0.5, 0.6) is 0 Å². The van der Waals surface area contributed by atoms with Crippen LogP contribution in [0.15, 0.2) is 48.5 Å². The van der Waals surface area contributed by atoms with Gasteiger partial charge >= 0.3 is 0 Å². The van der Waals surface area contributed by atoms with Gasteiger partial charge in [-0.1, -0.05) is 59.6 Å². The normalized spacial score (nSPS) is 11.6. The molecule has 0 saturated carbocycles. The van der Waals surface area contributed by atoms with Crippen molar-refractivity contribution < 1.29 is 4.79 Å². The molecule has 0 spiro atoms. The molecule has 2 nitrogen and oxygen atoms in total. The van der Waals surface area contributed by atoms with E-state index in [4.69, 9.17) is 11.6 Å². The van der Waals surface area contributed by atoms with Crippen LogP contribution in [0.3, 0.4) is 0 Å². The molecule has 0 heterocycles. The highest BCUT2D eigenvalue weighted by molar-refractivity contribution is 6.31. The van der Waals surface area contributed by atoms with E-state index in [0.717, 1.165) is 5.56 Å². The fraction of sp³-hybridized carbons (Fsp3) is 0.125. The van der Waals surface area contributed by atoms with Gasteiger partial charge in [0, 0.05) is 10.6 Å². The molecule has 3 heteroatoms. The van der Waals surface area contributed by atoms with Crippen LogP contribution in [0.2, 0.25) is 5.02 Å². The van der Waals surface area contributed by atoms with E-state index in [1.165, 1.54) is 0 Å². The lowest BCUT2D eigenvalue weighted by atomic mass is 9.91. The van der Waals surface area contributed by atoms with Gasteiger partial charge in [-0.3, -0.25) is 4.79 Å². The summed E-state index contributed by atoms with van der Waals surface area (Å²) < 4.78 is 0. The average molecular weight is 270 g/mol. The molecule has 2 rings (SSSR count). The molecule has 0 N–H and O–H groups in total. The van der Waals surface area contributed by atoms with Crippen molar-refractivity contribution in [2.24, 2.45) is 0 Å². The van der Waals surface area contributed by atoms with Crippen molar-refractivity contribution in [3.63, 3.8) is 0 Å². The van der Waals surface area contributed by atoms with E-state index in [9.17, 15) is 10.1 Å². The Bertz CT molecular complexity index is 641. The third kappa shape index (κ3) is 2.83. The van der Waals surface area contributed by atoms with Gasteiger partial charge in [0.1, 0.15) is 5.92 Å². The molecule has 0 saturated heterocycles. The fourth-order valence-electron chi connectivity index (χ4n) is 1.86. The maximum Gasteiger partial charge on any atom is 0.184 e. The van der Waals surface area contributed by atoms with Crippen molar-refractivity contribution in [2.45, 2.75) is 12.8 Å². The fourth-order valence-corrected chi connectivity index (χ4v) is 2.11. The number of Topliss-reactive ketones (excluding diaryl/α,β-unsaturated/α-hetero) is 1.